The lowest BCUT2D eigenvalue weighted by Crippen LogP contribution is -2.15. The van der Waals surface area contributed by atoms with Crippen LogP contribution in [0.1, 0.15) is 52.0 Å². The summed E-state index contributed by atoms with van der Waals surface area (Å²) in [5.41, 5.74) is 2.16. The smallest absolute Gasteiger partial charge is 0.138 e. The minimum atomic E-state index is 0.376. The van der Waals surface area contributed by atoms with Gasteiger partial charge >= 0.3 is 0 Å². The zero-order valence-corrected chi connectivity index (χ0v) is 11.3. The van der Waals surface area contributed by atoms with Crippen molar-refractivity contribution in [3.8, 4) is 5.75 Å². The molecule has 2 nitrogen and oxygen atoms in total. The highest BCUT2D eigenvalue weighted by molar-refractivity contribution is 5.61. The van der Waals surface area contributed by atoms with Crippen LogP contribution in [-0.4, -0.2) is 11.1 Å². The summed E-state index contributed by atoms with van der Waals surface area (Å²) < 4.78 is 0. The van der Waals surface area contributed by atoms with E-state index in [-0.39, 0.29) is 0 Å². The van der Waals surface area contributed by atoms with Gasteiger partial charge in [-0.05, 0) is 37.8 Å². The molecule has 0 aliphatic carbocycles. The zero-order chi connectivity index (χ0) is 12.7. The SMILES string of the molecule is CCCCc1cccc(O)c1NC(C)CCC. The molecule has 0 saturated carbocycles. The second-order valence-electron chi connectivity index (χ2n) is 4.75. The van der Waals surface area contributed by atoms with Gasteiger partial charge < -0.3 is 10.4 Å². The first-order valence-electron chi connectivity index (χ1n) is 6.76. The van der Waals surface area contributed by atoms with Gasteiger partial charge in [0.2, 0.25) is 0 Å². The van der Waals surface area contributed by atoms with E-state index in [0.717, 1.165) is 24.9 Å². The minimum absolute atomic E-state index is 0.376. The first kappa shape index (κ1) is 13.9. The second-order valence-corrected chi connectivity index (χ2v) is 4.75. The average molecular weight is 235 g/mol. The van der Waals surface area contributed by atoms with Crippen molar-refractivity contribution in [3.05, 3.63) is 23.8 Å². The van der Waals surface area contributed by atoms with Gasteiger partial charge in [-0.15, -0.1) is 0 Å². The number of phenols is 1. The summed E-state index contributed by atoms with van der Waals surface area (Å²) in [7, 11) is 0. The molecule has 0 amide bonds. The molecule has 0 fully saturated rings. The monoisotopic (exact) mass is 235 g/mol. The largest absolute Gasteiger partial charge is 0.506 e. The number of hydrogen-bond acceptors (Lipinski definition) is 2. The lowest BCUT2D eigenvalue weighted by Gasteiger charge is -2.18. The first-order valence-corrected chi connectivity index (χ1v) is 6.76. The van der Waals surface area contributed by atoms with Gasteiger partial charge in [-0.3, -0.25) is 0 Å². The molecule has 0 heterocycles. The molecule has 1 atom stereocenters. The van der Waals surface area contributed by atoms with Gasteiger partial charge in [-0.2, -0.15) is 0 Å². The van der Waals surface area contributed by atoms with E-state index in [2.05, 4.69) is 32.2 Å². The summed E-state index contributed by atoms with van der Waals surface area (Å²) in [6.45, 7) is 6.54. The number of benzene rings is 1. The van der Waals surface area contributed by atoms with Crippen molar-refractivity contribution in [1.29, 1.82) is 0 Å². The number of unbranched alkanes of at least 4 members (excludes halogenated alkanes) is 1. The number of anilines is 1. The molecule has 1 unspecified atom stereocenters. The molecule has 1 aromatic rings. The van der Waals surface area contributed by atoms with Crippen molar-refractivity contribution in [1.82, 2.24) is 0 Å². The number of nitrogens with one attached hydrogen (secondary N) is 1. The molecule has 96 valence electrons. The molecule has 0 bridgehead atoms. The molecular weight excluding hydrogens is 210 g/mol. The summed E-state index contributed by atoms with van der Waals surface area (Å²) in [6, 6.07) is 6.21. The molecule has 0 aliphatic rings. The molecule has 0 spiro atoms. The fourth-order valence-corrected chi connectivity index (χ4v) is 2.08. The Labute approximate surface area is 105 Å². The molecule has 2 N–H and O–H groups in total. The van der Waals surface area contributed by atoms with Crippen LogP contribution in [0.3, 0.4) is 0 Å². The molecule has 0 radical (unpaired) electrons. The lowest BCUT2D eigenvalue weighted by molar-refractivity contribution is 0.475. The topological polar surface area (TPSA) is 32.3 Å². The van der Waals surface area contributed by atoms with Crippen LogP contribution in [0.15, 0.2) is 18.2 Å². The van der Waals surface area contributed by atoms with Gasteiger partial charge in [0.25, 0.3) is 0 Å². The molecule has 0 aliphatic heterocycles. The molecule has 0 aromatic heterocycles. The fourth-order valence-electron chi connectivity index (χ4n) is 2.08. The molecule has 17 heavy (non-hydrogen) atoms. The minimum Gasteiger partial charge on any atom is -0.506 e. The Hall–Kier alpha value is -1.18. The molecular formula is C15H25NO. The van der Waals surface area contributed by atoms with Crippen LogP contribution in [0.5, 0.6) is 5.75 Å². The predicted octanol–water partition coefficient (Wildman–Crippen LogP) is 4.34. The van der Waals surface area contributed by atoms with Gasteiger partial charge in [0.15, 0.2) is 0 Å². The third-order valence-electron chi connectivity index (χ3n) is 3.04. The van der Waals surface area contributed by atoms with Gasteiger partial charge in [0, 0.05) is 6.04 Å². The number of rotatable bonds is 7. The van der Waals surface area contributed by atoms with E-state index in [4.69, 9.17) is 0 Å². The average Bonchev–Trinajstić information content (AvgIpc) is 2.30. The van der Waals surface area contributed by atoms with Crippen LogP contribution in [0.25, 0.3) is 0 Å². The van der Waals surface area contributed by atoms with Crippen LogP contribution in [0.4, 0.5) is 5.69 Å². The van der Waals surface area contributed by atoms with E-state index >= 15 is 0 Å². The van der Waals surface area contributed by atoms with Crippen molar-refractivity contribution >= 4 is 5.69 Å². The summed E-state index contributed by atoms with van der Waals surface area (Å²) in [5, 5.41) is 13.4. The molecule has 1 rings (SSSR count). The third-order valence-corrected chi connectivity index (χ3v) is 3.04. The lowest BCUT2D eigenvalue weighted by atomic mass is 10.0. The number of aromatic hydroxyl groups is 1. The van der Waals surface area contributed by atoms with Crippen LogP contribution in [0.2, 0.25) is 0 Å². The van der Waals surface area contributed by atoms with E-state index in [1.54, 1.807) is 6.07 Å². The Morgan fingerprint density at radius 2 is 2.00 bits per heavy atom. The maximum absolute atomic E-state index is 9.95. The van der Waals surface area contributed by atoms with Crippen molar-refractivity contribution in [2.24, 2.45) is 0 Å². The third kappa shape index (κ3) is 4.29. The highest BCUT2D eigenvalue weighted by Crippen LogP contribution is 2.29. The van der Waals surface area contributed by atoms with Gasteiger partial charge in [0.05, 0.1) is 5.69 Å². The Morgan fingerprint density at radius 3 is 2.65 bits per heavy atom. The van der Waals surface area contributed by atoms with E-state index in [1.807, 2.05) is 6.07 Å². The highest BCUT2D eigenvalue weighted by atomic mass is 16.3. The van der Waals surface area contributed by atoms with E-state index < -0.39 is 0 Å². The summed E-state index contributed by atoms with van der Waals surface area (Å²) in [4.78, 5) is 0. The highest BCUT2D eigenvalue weighted by Gasteiger charge is 2.09. The number of phenolic OH excluding ortho intramolecular Hbond substituents is 1. The normalized spacial score (nSPS) is 12.4. The van der Waals surface area contributed by atoms with E-state index in [9.17, 15) is 5.11 Å². The molecule has 0 saturated heterocycles. The van der Waals surface area contributed by atoms with Gasteiger partial charge in [-0.25, -0.2) is 0 Å². The standard InChI is InChI=1S/C15H25NO/c1-4-6-9-13-10-7-11-14(17)15(13)16-12(3)8-5-2/h7,10-12,16-17H,4-6,8-9H2,1-3H3. The van der Waals surface area contributed by atoms with Gasteiger partial charge in [-0.1, -0.05) is 38.8 Å². The van der Waals surface area contributed by atoms with Gasteiger partial charge in [0.1, 0.15) is 5.75 Å². The maximum Gasteiger partial charge on any atom is 0.138 e. The summed E-state index contributed by atoms with van der Waals surface area (Å²) in [5.74, 6) is 0.376. The van der Waals surface area contributed by atoms with Crippen molar-refractivity contribution in [3.63, 3.8) is 0 Å². The quantitative estimate of drug-likeness (QED) is 0.689. The van der Waals surface area contributed by atoms with Crippen LogP contribution in [0, 0.1) is 0 Å². The second kappa shape index (κ2) is 7.21. The number of aryl methyl sites for hydroxylation is 1. The van der Waals surface area contributed by atoms with Crippen molar-refractivity contribution in [2.75, 3.05) is 5.32 Å². The predicted molar refractivity (Wildman–Crippen MR) is 74.7 cm³/mol. The Kier molecular flexibility index (Phi) is 5.88. The summed E-state index contributed by atoms with van der Waals surface area (Å²) in [6.07, 6.45) is 5.67. The number of hydrogen-bond donors (Lipinski definition) is 2. The van der Waals surface area contributed by atoms with Crippen molar-refractivity contribution in [2.45, 2.75) is 58.9 Å². The van der Waals surface area contributed by atoms with Crippen LogP contribution < -0.4 is 5.32 Å². The Bertz CT molecular complexity index is 336. The fraction of sp³-hybridized carbons (Fsp3) is 0.600. The Balaban J connectivity index is 2.79. The summed E-state index contributed by atoms with van der Waals surface area (Å²) >= 11 is 0. The van der Waals surface area contributed by atoms with Crippen LogP contribution in [-0.2, 0) is 6.42 Å². The first-order chi connectivity index (χ1) is 8.19. The zero-order valence-electron chi connectivity index (χ0n) is 11.3. The van der Waals surface area contributed by atoms with Crippen LogP contribution >= 0.6 is 0 Å². The van der Waals surface area contributed by atoms with E-state index in [0.29, 0.717) is 11.8 Å². The molecule has 1 aromatic carbocycles. The van der Waals surface area contributed by atoms with Crippen molar-refractivity contribution < 1.29 is 5.11 Å². The maximum atomic E-state index is 9.95. The van der Waals surface area contributed by atoms with E-state index in [1.165, 1.54) is 18.4 Å². The molecule has 2 heteroatoms. The Morgan fingerprint density at radius 1 is 1.24 bits per heavy atom. The number of para-hydroxylation sites is 1.